The summed E-state index contributed by atoms with van der Waals surface area (Å²) in [7, 11) is 1.22. The lowest BCUT2D eigenvalue weighted by atomic mass is 10.9. The van der Waals surface area contributed by atoms with E-state index in [1.165, 1.54) is 14.0 Å². The zero-order valence-corrected chi connectivity index (χ0v) is 5.44. The van der Waals surface area contributed by atoms with Gasteiger partial charge in [0.05, 0.1) is 7.11 Å². The highest BCUT2D eigenvalue weighted by molar-refractivity contribution is 6.19. The molecule has 4 heteroatoms. The minimum absolute atomic E-state index is 0.623. The van der Waals surface area contributed by atoms with E-state index in [9.17, 15) is 4.79 Å². The molecule has 0 aliphatic carbocycles. The molecule has 0 aliphatic heterocycles. The van der Waals surface area contributed by atoms with Crippen LogP contribution in [0.15, 0.2) is 0 Å². The molecule has 0 bridgehead atoms. The van der Waals surface area contributed by atoms with Gasteiger partial charge in [-0.15, -0.1) is 0 Å². The number of hydrogen-bond acceptors (Lipinski definition) is 3. The van der Waals surface area contributed by atoms with E-state index >= 15 is 0 Å². The Morgan fingerprint density at radius 2 is 2.25 bits per heavy atom. The summed E-state index contributed by atoms with van der Waals surface area (Å²) in [6.45, 7) is 1.53. The van der Waals surface area contributed by atoms with Gasteiger partial charge in [0.25, 0.3) is 0 Å². The smallest absolute Gasteiger partial charge is 0.438 e. The van der Waals surface area contributed by atoms with E-state index in [2.05, 4.69) is 9.47 Å². The van der Waals surface area contributed by atoms with Crippen molar-refractivity contribution in [2.75, 3.05) is 7.11 Å². The molecule has 0 fully saturated rings. The van der Waals surface area contributed by atoms with Gasteiger partial charge >= 0.3 is 6.16 Å². The van der Waals surface area contributed by atoms with E-state index in [-0.39, 0.29) is 0 Å². The van der Waals surface area contributed by atoms with Crippen LogP contribution in [0, 0.1) is 0 Å². The average molecular weight is 139 g/mol. The second-order valence-electron chi connectivity index (χ2n) is 1.11. The van der Waals surface area contributed by atoms with Gasteiger partial charge in [0, 0.05) is 0 Å². The van der Waals surface area contributed by atoms with Crippen molar-refractivity contribution < 1.29 is 14.3 Å². The Bertz CT molecular complexity index is 81.4. The number of methoxy groups -OCH3 is 1. The SMILES string of the molecule is COC(=O)O[C@@H](C)Cl. The van der Waals surface area contributed by atoms with Crippen molar-refractivity contribution in [3.05, 3.63) is 0 Å². The third-order valence-corrected chi connectivity index (χ3v) is 0.514. The van der Waals surface area contributed by atoms with Gasteiger partial charge in [-0.05, 0) is 6.92 Å². The predicted octanol–water partition coefficient (Wildman–Crippen LogP) is 1.35. The number of halogens is 1. The maximum atomic E-state index is 10.1. The Balaban J connectivity index is 3.25. The number of ether oxygens (including phenoxy) is 2. The molecule has 3 nitrogen and oxygen atoms in total. The molecule has 0 radical (unpaired) electrons. The van der Waals surface area contributed by atoms with Gasteiger partial charge in [-0.3, -0.25) is 0 Å². The molecule has 0 aromatic rings. The van der Waals surface area contributed by atoms with Gasteiger partial charge < -0.3 is 9.47 Å². The quantitative estimate of drug-likeness (QED) is 0.405. The largest absolute Gasteiger partial charge is 0.509 e. The Morgan fingerprint density at radius 1 is 1.75 bits per heavy atom. The van der Waals surface area contributed by atoms with Crippen molar-refractivity contribution in [2.24, 2.45) is 0 Å². The molecule has 0 aliphatic rings. The zero-order valence-electron chi connectivity index (χ0n) is 4.68. The molecule has 0 spiro atoms. The van der Waals surface area contributed by atoms with Crippen LogP contribution in [-0.2, 0) is 9.47 Å². The lowest BCUT2D eigenvalue weighted by Crippen LogP contribution is -2.08. The van der Waals surface area contributed by atoms with Gasteiger partial charge in [-0.1, -0.05) is 11.6 Å². The van der Waals surface area contributed by atoms with E-state index in [1.54, 1.807) is 0 Å². The molecule has 8 heavy (non-hydrogen) atoms. The second-order valence-corrected chi connectivity index (χ2v) is 1.73. The van der Waals surface area contributed by atoms with Crippen LogP contribution in [0.4, 0.5) is 4.79 Å². The predicted molar refractivity (Wildman–Crippen MR) is 28.8 cm³/mol. The highest BCUT2D eigenvalue weighted by Crippen LogP contribution is 1.96. The highest BCUT2D eigenvalue weighted by atomic mass is 35.5. The van der Waals surface area contributed by atoms with E-state index < -0.39 is 11.7 Å². The van der Waals surface area contributed by atoms with Crippen molar-refractivity contribution >= 4 is 17.8 Å². The maximum Gasteiger partial charge on any atom is 0.509 e. The first kappa shape index (κ1) is 7.56. The zero-order chi connectivity index (χ0) is 6.57. The molecule has 0 rings (SSSR count). The lowest BCUT2D eigenvalue weighted by Gasteiger charge is -2.01. The maximum absolute atomic E-state index is 10.1. The fourth-order valence-corrected chi connectivity index (χ4v) is 0.253. The molecule has 0 saturated carbocycles. The van der Waals surface area contributed by atoms with Gasteiger partial charge in [0.15, 0.2) is 5.56 Å². The summed E-state index contributed by atoms with van der Waals surface area (Å²) in [5, 5.41) is 0. The summed E-state index contributed by atoms with van der Waals surface area (Å²) in [6.07, 6.45) is -0.757. The Morgan fingerprint density at radius 3 is 2.38 bits per heavy atom. The topological polar surface area (TPSA) is 35.5 Å². The van der Waals surface area contributed by atoms with E-state index in [0.29, 0.717) is 0 Å². The summed E-state index contributed by atoms with van der Waals surface area (Å²) < 4.78 is 8.42. The minimum Gasteiger partial charge on any atom is -0.438 e. The van der Waals surface area contributed by atoms with Gasteiger partial charge in [-0.2, -0.15) is 0 Å². The molecule has 0 aromatic heterocycles. The molecule has 0 aromatic carbocycles. The fourth-order valence-electron chi connectivity index (χ4n) is 0.181. The fraction of sp³-hybridized carbons (Fsp3) is 0.750. The van der Waals surface area contributed by atoms with Gasteiger partial charge in [0.2, 0.25) is 0 Å². The molecule has 0 N–H and O–H groups in total. The molecule has 0 unspecified atom stereocenters. The average Bonchev–Trinajstić information content (AvgIpc) is 1.65. The van der Waals surface area contributed by atoms with E-state index in [1.807, 2.05) is 0 Å². The van der Waals surface area contributed by atoms with Crippen LogP contribution in [0.2, 0.25) is 0 Å². The number of carbonyl (C=O) groups is 1. The van der Waals surface area contributed by atoms with Crippen molar-refractivity contribution in [1.29, 1.82) is 0 Å². The Hall–Kier alpha value is -0.440. The summed E-state index contributed by atoms with van der Waals surface area (Å²) in [6, 6.07) is 0. The van der Waals surface area contributed by atoms with Gasteiger partial charge in [-0.25, -0.2) is 4.79 Å². The van der Waals surface area contributed by atoms with Crippen molar-refractivity contribution in [3.8, 4) is 0 Å². The van der Waals surface area contributed by atoms with Crippen molar-refractivity contribution in [2.45, 2.75) is 12.5 Å². The summed E-state index contributed by atoms with van der Waals surface area (Å²) in [5.41, 5.74) is -0.623. The van der Waals surface area contributed by atoms with Crippen LogP contribution in [-0.4, -0.2) is 18.8 Å². The normalized spacial score (nSPS) is 12.4. The van der Waals surface area contributed by atoms with Crippen LogP contribution in [0.5, 0.6) is 0 Å². The molecule has 1 atom stereocenters. The number of hydrogen-bond donors (Lipinski definition) is 0. The molecular formula is C4H7ClO3. The first-order valence-electron chi connectivity index (χ1n) is 2.05. The third kappa shape index (κ3) is 3.74. The van der Waals surface area contributed by atoms with Crippen molar-refractivity contribution in [1.82, 2.24) is 0 Å². The first-order chi connectivity index (χ1) is 3.66. The lowest BCUT2D eigenvalue weighted by molar-refractivity contribution is 0.0666. The highest BCUT2D eigenvalue weighted by Gasteiger charge is 2.02. The first-order valence-corrected chi connectivity index (χ1v) is 2.49. The van der Waals surface area contributed by atoms with Crippen LogP contribution < -0.4 is 0 Å². The van der Waals surface area contributed by atoms with Crippen molar-refractivity contribution in [3.63, 3.8) is 0 Å². The van der Waals surface area contributed by atoms with Gasteiger partial charge in [0.1, 0.15) is 0 Å². The molecule has 0 amide bonds. The Kier molecular flexibility index (Phi) is 3.35. The van der Waals surface area contributed by atoms with Crippen LogP contribution in [0.25, 0.3) is 0 Å². The van der Waals surface area contributed by atoms with Crippen LogP contribution in [0.1, 0.15) is 6.92 Å². The molecule has 0 heterocycles. The monoisotopic (exact) mass is 138 g/mol. The van der Waals surface area contributed by atoms with E-state index in [0.717, 1.165) is 0 Å². The van der Waals surface area contributed by atoms with Crippen LogP contribution >= 0.6 is 11.6 Å². The third-order valence-electron chi connectivity index (χ3n) is 0.425. The number of carbonyl (C=O) groups excluding carboxylic acids is 1. The summed E-state index contributed by atoms with van der Waals surface area (Å²) >= 11 is 5.23. The molecule has 0 saturated heterocycles. The number of alkyl halides is 1. The molecular weight excluding hydrogens is 131 g/mol. The van der Waals surface area contributed by atoms with Crippen LogP contribution in [0.3, 0.4) is 0 Å². The summed E-state index contributed by atoms with van der Waals surface area (Å²) in [4.78, 5) is 10.1. The standard InChI is InChI=1S/C4H7ClO3/c1-3(5)8-4(6)7-2/h3H,1-2H3/t3-/m0/s1. The Labute approximate surface area is 52.5 Å². The summed E-state index contributed by atoms with van der Waals surface area (Å²) in [5.74, 6) is 0. The second kappa shape index (κ2) is 3.55. The number of rotatable bonds is 1. The minimum atomic E-state index is -0.757. The molecule has 48 valence electrons. The van der Waals surface area contributed by atoms with E-state index in [4.69, 9.17) is 11.6 Å².